The summed E-state index contributed by atoms with van der Waals surface area (Å²) < 4.78 is 5.15. The molecule has 1 aromatic heterocycles. The molecule has 5 nitrogen and oxygen atoms in total. The number of nitrogens with zero attached hydrogens (tertiary/aromatic N) is 3. The lowest BCUT2D eigenvalue weighted by Gasteiger charge is -2.19. The average molecular weight is 290 g/mol. The molecule has 106 valence electrons. The largest absolute Gasteiger partial charge is 0.497 e. The standard InChI is InChI=1S/C14H18N4OS/c1-18(9-10-4-6-11(19-2)7-5-10)13-8-12(15)16-14(17-13)20-3/h4-8H,9H2,1-3H3,(H2,15,16,17). The number of hydrogen-bond acceptors (Lipinski definition) is 6. The summed E-state index contributed by atoms with van der Waals surface area (Å²) in [5.74, 6) is 2.16. The van der Waals surface area contributed by atoms with Crippen molar-refractivity contribution in [3.05, 3.63) is 35.9 Å². The van der Waals surface area contributed by atoms with Crippen LogP contribution in [0.15, 0.2) is 35.5 Å². The predicted octanol–water partition coefficient (Wildman–Crippen LogP) is 2.43. The second kappa shape index (κ2) is 6.47. The average Bonchev–Trinajstić information content (AvgIpc) is 2.47. The van der Waals surface area contributed by atoms with E-state index in [-0.39, 0.29) is 0 Å². The van der Waals surface area contributed by atoms with E-state index >= 15 is 0 Å². The second-order valence-electron chi connectivity index (χ2n) is 4.34. The zero-order valence-corrected chi connectivity index (χ0v) is 12.6. The van der Waals surface area contributed by atoms with Gasteiger partial charge in [-0.05, 0) is 24.0 Å². The molecule has 6 heteroatoms. The number of ether oxygens (including phenoxy) is 1. The Hall–Kier alpha value is -1.95. The number of rotatable bonds is 5. The van der Waals surface area contributed by atoms with Crippen molar-refractivity contribution < 1.29 is 4.74 Å². The van der Waals surface area contributed by atoms with Crippen LogP contribution in [0.2, 0.25) is 0 Å². The lowest BCUT2D eigenvalue weighted by atomic mass is 10.2. The Labute approximate surface area is 123 Å². The molecule has 2 N–H and O–H groups in total. The van der Waals surface area contributed by atoms with E-state index < -0.39 is 0 Å². The van der Waals surface area contributed by atoms with Gasteiger partial charge < -0.3 is 15.4 Å². The van der Waals surface area contributed by atoms with Crippen LogP contribution in [0.25, 0.3) is 0 Å². The fraction of sp³-hybridized carbons (Fsp3) is 0.286. The first-order valence-corrected chi connectivity index (χ1v) is 7.37. The van der Waals surface area contributed by atoms with Gasteiger partial charge in [0.15, 0.2) is 5.16 Å². The normalized spacial score (nSPS) is 10.3. The van der Waals surface area contributed by atoms with E-state index in [1.807, 2.05) is 42.5 Å². The van der Waals surface area contributed by atoms with Gasteiger partial charge in [-0.25, -0.2) is 9.97 Å². The zero-order valence-electron chi connectivity index (χ0n) is 11.8. The van der Waals surface area contributed by atoms with Gasteiger partial charge in [0, 0.05) is 19.7 Å². The van der Waals surface area contributed by atoms with Crippen LogP contribution < -0.4 is 15.4 Å². The van der Waals surface area contributed by atoms with Crippen molar-refractivity contribution in [1.82, 2.24) is 9.97 Å². The van der Waals surface area contributed by atoms with Crippen molar-refractivity contribution >= 4 is 23.4 Å². The molecule has 0 bridgehead atoms. The van der Waals surface area contributed by atoms with Gasteiger partial charge in [-0.3, -0.25) is 0 Å². The van der Waals surface area contributed by atoms with Crippen LogP contribution in [-0.2, 0) is 6.54 Å². The first kappa shape index (κ1) is 14.5. The van der Waals surface area contributed by atoms with E-state index in [2.05, 4.69) is 9.97 Å². The van der Waals surface area contributed by atoms with Crippen molar-refractivity contribution in [3.8, 4) is 5.75 Å². The number of hydrogen-bond donors (Lipinski definition) is 1. The summed E-state index contributed by atoms with van der Waals surface area (Å²) in [6, 6.07) is 9.75. The van der Waals surface area contributed by atoms with Gasteiger partial charge >= 0.3 is 0 Å². The lowest BCUT2D eigenvalue weighted by Crippen LogP contribution is -2.18. The van der Waals surface area contributed by atoms with Gasteiger partial charge in [0.1, 0.15) is 17.4 Å². The molecule has 0 fully saturated rings. The molecule has 0 amide bonds. The summed E-state index contributed by atoms with van der Waals surface area (Å²) in [6.07, 6.45) is 1.93. The number of nitrogen functional groups attached to an aromatic ring is 1. The molecule has 0 saturated carbocycles. The van der Waals surface area contributed by atoms with E-state index in [4.69, 9.17) is 10.5 Å². The fourth-order valence-corrected chi connectivity index (χ4v) is 2.18. The molecule has 1 heterocycles. The maximum Gasteiger partial charge on any atom is 0.191 e. The van der Waals surface area contributed by atoms with Crippen molar-refractivity contribution in [1.29, 1.82) is 0 Å². The highest BCUT2D eigenvalue weighted by atomic mass is 32.2. The Kier molecular flexibility index (Phi) is 4.68. The molecule has 0 aliphatic rings. The van der Waals surface area contributed by atoms with Crippen molar-refractivity contribution in [2.24, 2.45) is 0 Å². The van der Waals surface area contributed by atoms with Crippen LogP contribution in [0.3, 0.4) is 0 Å². The lowest BCUT2D eigenvalue weighted by molar-refractivity contribution is 0.414. The first-order valence-electron chi connectivity index (χ1n) is 6.15. The molecule has 0 radical (unpaired) electrons. The Morgan fingerprint density at radius 1 is 1.25 bits per heavy atom. The SMILES string of the molecule is COc1ccc(CN(C)c2cc(N)nc(SC)n2)cc1. The van der Waals surface area contributed by atoms with Crippen LogP contribution in [0.4, 0.5) is 11.6 Å². The van der Waals surface area contributed by atoms with Gasteiger partial charge in [0.25, 0.3) is 0 Å². The smallest absolute Gasteiger partial charge is 0.191 e. The molecule has 0 unspecified atom stereocenters. The number of aromatic nitrogens is 2. The van der Waals surface area contributed by atoms with E-state index in [0.29, 0.717) is 11.0 Å². The van der Waals surface area contributed by atoms with Crippen LogP contribution in [-0.4, -0.2) is 30.4 Å². The summed E-state index contributed by atoms with van der Waals surface area (Å²) in [7, 11) is 3.64. The number of nitrogens with two attached hydrogens (primary N) is 1. The van der Waals surface area contributed by atoms with Gasteiger partial charge in [0.2, 0.25) is 0 Å². The van der Waals surface area contributed by atoms with E-state index in [9.17, 15) is 0 Å². The Morgan fingerprint density at radius 3 is 2.55 bits per heavy atom. The van der Waals surface area contributed by atoms with Crippen molar-refractivity contribution in [3.63, 3.8) is 0 Å². The van der Waals surface area contributed by atoms with E-state index in [1.165, 1.54) is 17.3 Å². The molecule has 0 aliphatic carbocycles. The number of methoxy groups -OCH3 is 1. The molecule has 0 atom stereocenters. The molecule has 0 aliphatic heterocycles. The minimum Gasteiger partial charge on any atom is -0.497 e. The van der Waals surface area contributed by atoms with Gasteiger partial charge in [-0.1, -0.05) is 23.9 Å². The monoisotopic (exact) mass is 290 g/mol. The summed E-state index contributed by atoms with van der Waals surface area (Å²) >= 11 is 1.48. The van der Waals surface area contributed by atoms with Crippen molar-refractivity contribution in [2.45, 2.75) is 11.7 Å². The van der Waals surface area contributed by atoms with E-state index in [1.54, 1.807) is 13.2 Å². The highest BCUT2D eigenvalue weighted by Gasteiger charge is 2.07. The summed E-state index contributed by atoms with van der Waals surface area (Å²) in [6.45, 7) is 0.744. The van der Waals surface area contributed by atoms with Crippen LogP contribution in [0.1, 0.15) is 5.56 Å². The Balaban J connectivity index is 2.14. The van der Waals surface area contributed by atoms with Gasteiger partial charge in [-0.2, -0.15) is 0 Å². The molecule has 0 saturated heterocycles. The molecule has 0 spiro atoms. The topological polar surface area (TPSA) is 64.3 Å². The highest BCUT2D eigenvalue weighted by Crippen LogP contribution is 2.20. The molecular weight excluding hydrogens is 272 g/mol. The molecule has 2 rings (SSSR count). The highest BCUT2D eigenvalue weighted by molar-refractivity contribution is 7.98. The third-order valence-corrected chi connectivity index (χ3v) is 3.41. The minimum atomic E-state index is 0.487. The zero-order chi connectivity index (χ0) is 14.5. The van der Waals surface area contributed by atoms with Crippen LogP contribution >= 0.6 is 11.8 Å². The van der Waals surface area contributed by atoms with Crippen LogP contribution in [0, 0.1) is 0 Å². The number of anilines is 2. The fourth-order valence-electron chi connectivity index (χ4n) is 1.80. The molecule has 2 aromatic rings. The first-order chi connectivity index (χ1) is 9.62. The summed E-state index contributed by atoms with van der Waals surface area (Å²) in [5, 5.41) is 0.682. The quantitative estimate of drug-likeness (QED) is 0.674. The van der Waals surface area contributed by atoms with Gasteiger partial charge in [-0.15, -0.1) is 0 Å². The molecule has 20 heavy (non-hydrogen) atoms. The summed E-state index contributed by atoms with van der Waals surface area (Å²) in [5.41, 5.74) is 6.97. The number of benzene rings is 1. The maximum absolute atomic E-state index is 5.80. The van der Waals surface area contributed by atoms with Crippen LogP contribution in [0.5, 0.6) is 5.75 Å². The predicted molar refractivity (Wildman–Crippen MR) is 83.3 cm³/mol. The third-order valence-electron chi connectivity index (χ3n) is 2.86. The second-order valence-corrected chi connectivity index (χ2v) is 5.12. The van der Waals surface area contributed by atoms with Gasteiger partial charge in [0.05, 0.1) is 7.11 Å². The minimum absolute atomic E-state index is 0.487. The molecule has 1 aromatic carbocycles. The summed E-state index contributed by atoms with van der Waals surface area (Å²) in [4.78, 5) is 10.6. The Morgan fingerprint density at radius 2 is 1.95 bits per heavy atom. The molecular formula is C14H18N4OS. The Bertz CT molecular complexity index is 574. The maximum atomic E-state index is 5.80. The number of thioether (sulfide) groups is 1. The third kappa shape index (κ3) is 3.54. The van der Waals surface area contributed by atoms with Crippen molar-refractivity contribution in [2.75, 3.05) is 31.0 Å². The van der Waals surface area contributed by atoms with E-state index in [0.717, 1.165) is 18.1 Å².